The van der Waals surface area contributed by atoms with Crippen LogP contribution in [0.5, 0.6) is 11.5 Å². The van der Waals surface area contributed by atoms with Crippen molar-refractivity contribution in [3.05, 3.63) is 23.8 Å². The van der Waals surface area contributed by atoms with Gasteiger partial charge in [-0.15, -0.1) is 0 Å². The predicted octanol–water partition coefficient (Wildman–Crippen LogP) is 0.432. The molecule has 7 heteroatoms. The fourth-order valence-electron chi connectivity index (χ4n) is 1.68. The molecule has 1 heterocycles. The first-order valence-corrected chi connectivity index (χ1v) is 6.60. The van der Waals surface area contributed by atoms with Crippen molar-refractivity contribution in [3.63, 3.8) is 0 Å². The number of rotatable bonds is 3. The Bertz CT molecular complexity index is 569. The number of hydrogen-bond donors (Lipinski definition) is 2. The molecule has 0 saturated carbocycles. The van der Waals surface area contributed by atoms with Crippen LogP contribution in [0.4, 0.5) is 0 Å². The van der Waals surface area contributed by atoms with E-state index >= 15 is 0 Å². The van der Waals surface area contributed by atoms with Gasteiger partial charge >= 0.3 is 11.8 Å². The first kappa shape index (κ1) is 14.8. The van der Waals surface area contributed by atoms with E-state index in [1.807, 2.05) is 0 Å². The lowest BCUT2D eigenvalue weighted by Gasteiger charge is -2.18. The molecule has 1 aromatic rings. The average molecular weight is 291 g/mol. The number of ether oxygens (including phenoxy) is 2. The molecule has 21 heavy (non-hydrogen) atoms. The van der Waals surface area contributed by atoms with Crippen LogP contribution in [0, 0.1) is 0 Å². The highest BCUT2D eigenvalue weighted by Crippen LogP contribution is 2.30. The molecule has 0 saturated heterocycles. The maximum atomic E-state index is 11.4. The number of nitrogens with one attached hydrogen (secondary N) is 2. The molecule has 1 aliphatic rings. The Hall–Kier alpha value is -2.57. The largest absolute Gasteiger partial charge is 0.486 e. The van der Waals surface area contributed by atoms with Crippen molar-refractivity contribution in [2.24, 2.45) is 5.10 Å². The molecule has 2 amide bonds. The maximum Gasteiger partial charge on any atom is 0.329 e. The van der Waals surface area contributed by atoms with E-state index in [4.69, 9.17) is 9.47 Å². The number of carbonyl (C=O) groups excluding carboxylic acids is 2. The lowest BCUT2D eigenvalue weighted by molar-refractivity contribution is -0.139. The molecule has 1 aromatic carbocycles. The molecule has 0 aliphatic carbocycles. The standard InChI is InChI=1S/C14H17N3O4/c1-9(2)16-13(18)14(19)17-15-8-10-3-4-11-12(7-10)21-6-5-20-11/h3-4,7-9H,5-6H2,1-2H3,(H,16,18)(H,17,19)/b15-8+. The third-order valence-corrected chi connectivity index (χ3v) is 2.57. The number of nitrogens with zero attached hydrogens (tertiary/aromatic N) is 1. The molecule has 2 rings (SSSR count). The Labute approximate surface area is 122 Å². The van der Waals surface area contributed by atoms with Gasteiger partial charge in [0.05, 0.1) is 6.21 Å². The smallest absolute Gasteiger partial charge is 0.329 e. The van der Waals surface area contributed by atoms with E-state index in [1.165, 1.54) is 6.21 Å². The lowest BCUT2D eigenvalue weighted by Crippen LogP contribution is -2.41. The zero-order chi connectivity index (χ0) is 15.2. The van der Waals surface area contributed by atoms with Crippen LogP contribution in [0.3, 0.4) is 0 Å². The first-order valence-electron chi connectivity index (χ1n) is 6.60. The summed E-state index contributed by atoms with van der Waals surface area (Å²) in [6, 6.07) is 5.18. The molecule has 1 aliphatic heterocycles. The van der Waals surface area contributed by atoms with E-state index in [0.717, 1.165) is 5.56 Å². The summed E-state index contributed by atoms with van der Waals surface area (Å²) >= 11 is 0. The molecule has 7 nitrogen and oxygen atoms in total. The normalized spacial score (nSPS) is 13.3. The Kier molecular flexibility index (Phi) is 4.76. The third-order valence-electron chi connectivity index (χ3n) is 2.57. The highest BCUT2D eigenvalue weighted by atomic mass is 16.6. The summed E-state index contributed by atoms with van der Waals surface area (Å²) in [5, 5.41) is 6.21. The van der Waals surface area contributed by atoms with Crippen LogP contribution in [0.2, 0.25) is 0 Å². The summed E-state index contributed by atoms with van der Waals surface area (Å²) in [5.41, 5.74) is 2.89. The van der Waals surface area contributed by atoms with E-state index in [9.17, 15) is 9.59 Å². The van der Waals surface area contributed by atoms with Gasteiger partial charge in [-0.05, 0) is 37.6 Å². The molecule has 0 aromatic heterocycles. The van der Waals surface area contributed by atoms with Gasteiger partial charge in [-0.25, -0.2) is 5.43 Å². The Balaban J connectivity index is 1.92. The molecule has 0 atom stereocenters. The quantitative estimate of drug-likeness (QED) is 0.480. The molecule has 0 spiro atoms. The first-order chi connectivity index (χ1) is 10.1. The van der Waals surface area contributed by atoms with Crippen molar-refractivity contribution >= 4 is 18.0 Å². The van der Waals surface area contributed by atoms with Crippen molar-refractivity contribution in [3.8, 4) is 11.5 Å². The van der Waals surface area contributed by atoms with Crippen LogP contribution in [0.25, 0.3) is 0 Å². The predicted molar refractivity (Wildman–Crippen MR) is 76.4 cm³/mol. The molecule has 0 radical (unpaired) electrons. The van der Waals surface area contributed by atoms with Gasteiger partial charge in [0.15, 0.2) is 11.5 Å². The van der Waals surface area contributed by atoms with E-state index < -0.39 is 11.8 Å². The van der Waals surface area contributed by atoms with E-state index in [-0.39, 0.29) is 6.04 Å². The van der Waals surface area contributed by atoms with Crippen LogP contribution in [-0.4, -0.2) is 37.3 Å². The number of fused-ring (bicyclic) bond motifs is 1. The number of carbonyl (C=O) groups is 2. The topological polar surface area (TPSA) is 89.0 Å². The summed E-state index contributed by atoms with van der Waals surface area (Å²) in [5.74, 6) is -0.213. The van der Waals surface area contributed by atoms with E-state index in [0.29, 0.717) is 24.7 Å². The zero-order valence-electron chi connectivity index (χ0n) is 11.9. The van der Waals surface area contributed by atoms with Gasteiger partial charge in [0.2, 0.25) is 0 Å². The van der Waals surface area contributed by atoms with Gasteiger partial charge in [-0.3, -0.25) is 9.59 Å². The number of benzene rings is 1. The molecule has 0 fully saturated rings. The summed E-state index contributed by atoms with van der Waals surface area (Å²) in [4.78, 5) is 22.8. The van der Waals surface area contributed by atoms with Crippen molar-refractivity contribution in [2.75, 3.05) is 13.2 Å². The van der Waals surface area contributed by atoms with Crippen LogP contribution >= 0.6 is 0 Å². The highest BCUT2D eigenvalue weighted by molar-refractivity contribution is 6.35. The Morgan fingerprint density at radius 3 is 2.62 bits per heavy atom. The van der Waals surface area contributed by atoms with Crippen LogP contribution in [0.1, 0.15) is 19.4 Å². The average Bonchev–Trinajstić information content (AvgIpc) is 2.46. The number of hydrogen-bond acceptors (Lipinski definition) is 5. The number of amides is 2. The molecule has 0 bridgehead atoms. The minimum absolute atomic E-state index is 0.106. The maximum absolute atomic E-state index is 11.4. The minimum Gasteiger partial charge on any atom is -0.486 e. The second-order valence-electron chi connectivity index (χ2n) is 4.73. The summed E-state index contributed by atoms with van der Waals surface area (Å²) in [7, 11) is 0. The lowest BCUT2D eigenvalue weighted by atomic mass is 10.2. The van der Waals surface area contributed by atoms with Gasteiger partial charge in [-0.2, -0.15) is 5.10 Å². The van der Waals surface area contributed by atoms with Crippen LogP contribution in [-0.2, 0) is 9.59 Å². The fraction of sp³-hybridized carbons (Fsp3) is 0.357. The molecular formula is C14H17N3O4. The summed E-state index contributed by atoms with van der Waals surface area (Å²) < 4.78 is 10.8. The van der Waals surface area contributed by atoms with Gasteiger partial charge in [-0.1, -0.05) is 0 Å². The monoisotopic (exact) mass is 291 g/mol. The fourth-order valence-corrected chi connectivity index (χ4v) is 1.68. The second-order valence-corrected chi connectivity index (χ2v) is 4.73. The van der Waals surface area contributed by atoms with E-state index in [1.54, 1.807) is 32.0 Å². The molecular weight excluding hydrogens is 274 g/mol. The van der Waals surface area contributed by atoms with Crippen molar-refractivity contribution in [1.82, 2.24) is 10.7 Å². The van der Waals surface area contributed by atoms with Crippen molar-refractivity contribution < 1.29 is 19.1 Å². The molecule has 0 unspecified atom stereocenters. The van der Waals surface area contributed by atoms with E-state index in [2.05, 4.69) is 15.8 Å². The van der Waals surface area contributed by atoms with Crippen LogP contribution < -0.4 is 20.2 Å². The van der Waals surface area contributed by atoms with Crippen molar-refractivity contribution in [1.29, 1.82) is 0 Å². The van der Waals surface area contributed by atoms with Crippen LogP contribution in [0.15, 0.2) is 23.3 Å². The number of hydrazone groups is 1. The highest BCUT2D eigenvalue weighted by Gasteiger charge is 2.13. The Morgan fingerprint density at radius 2 is 1.90 bits per heavy atom. The SMILES string of the molecule is CC(C)NC(=O)C(=O)N/N=C/c1ccc2c(c1)OCCO2. The van der Waals surface area contributed by atoms with Gasteiger partial charge in [0, 0.05) is 6.04 Å². The molecule has 112 valence electrons. The third kappa shape index (κ3) is 4.20. The van der Waals surface area contributed by atoms with Gasteiger partial charge in [0.25, 0.3) is 0 Å². The van der Waals surface area contributed by atoms with Crippen molar-refractivity contribution in [2.45, 2.75) is 19.9 Å². The van der Waals surface area contributed by atoms with Gasteiger partial charge in [0.1, 0.15) is 13.2 Å². The second kappa shape index (κ2) is 6.74. The Morgan fingerprint density at radius 1 is 1.19 bits per heavy atom. The van der Waals surface area contributed by atoms with Gasteiger partial charge < -0.3 is 14.8 Å². The summed E-state index contributed by atoms with van der Waals surface area (Å²) in [6.45, 7) is 4.56. The summed E-state index contributed by atoms with van der Waals surface area (Å²) in [6.07, 6.45) is 1.43. The molecule has 2 N–H and O–H groups in total. The zero-order valence-corrected chi connectivity index (χ0v) is 11.9. The minimum atomic E-state index is -0.808.